The van der Waals surface area contributed by atoms with E-state index in [4.69, 9.17) is 14.2 Å². The van der Waals surface area contributed by atoms with Crippen LogP contribution >= 0.6 is 0 Å². The van der Waals surface area contributed by atoms with Crippen LogP contribution in [-0.2, 0) is 14.3 Å². The third-order valence-corrected chi connectivity index (χ3v) is 5.01. The highest BCUT2D eigenvalue weighted by molar-refractivity contribution is 5.98. The van der Waals surface area contributed by atoms with Gasteiger partial charge in [0.1, 0.15) is 12.4 Å². The van der Waals surface area contributed by atoms with Gasteiger partial charge in [-0.2, -0.15) is 0 Å². The van der Waals surface area contributed by atoms with E-state index in [1.54, 1.807) is 21.1 Å². The van der Waals surface area contributed by atoms with Gasteiger partial charge >= 0.3 is 12.0 Å². The molecular formula is C22H26N2O5. The van der Waals surface area contributed by atoms with Crippen LogP contribution in [0, 0.1) is 0 Å². The molecule has 1 aliphatic rings. The number of hydrogen-bond donors (Lipinski definition) is 1. The fraction of sp³-hybridized carbons (Fsp3) is 0.364. The number of fused-ring (bicyclic) bond motifs is 1. The lowest BCUT2D eigenvalue weighted by Gasteiger charge is -2.34. The van der Waals surface area contributed by atoms with Crippen molar-refractivity contribution in [1.29, 1.82) is 0 Å². The first-order valence-electron chi connectivity index (χ1n) is 9.55. The molecule has 7 heteroatoms. The molecule has 0 aliphatic carbocycles. The van der Waals surface area contributed by atoms with E-state index in [-0.39, 0.29) is 12.6 Å². The van der Waals surface area contributed by atoms with E-state index in [0.29, 0.717) is 30.2 Å². The molecule has 0 saturated heterocycles. The molecule has 0 fully saturated rings. The van der Waals surface area contributed by atoms with Crippen molar-refractivity contribution in [2.24, 2.45) is 0 Å². The second-order valence-corrected chi connectivity index (χ2v) is 6.70. The van der Waals surface area contributed by atoms with Crippen molar-refractivity contribution in [3.8, 4) is 5.75 Å². The van der Waals surface area contributed by atoms with E-state index in [1.807, 2.05) is 43.3 Å². The summed E-state index contributed by atoms with van der Waals surface area (Å²) in [6.45, 7) is 4.52. The molecule has 2 aromatic rings. The molecule has 7 nitrogen and oxygen atoms in total. The van der Waals surface area contributed by atoms with Crippen molar-refractivity contribution in [3.05, 3.63) is 53.2 Å². The van der Waals surface area contributed by atoms with Gasteiger partial charge in [-0.15, -0.1) is 0 Å². The summed E-state index contributed by atoms with van der Waals surface area (Å²) in [6.07, 6.45) is 0. The topological polar surface area (TPSA) is 77.1 Å². The minimum atomic E-state index is -0.693. The number of hydrogen-bond acceptors (Lipinski definition) is 5. The van der Waals surface area contributed by atoms with Crippen LogP contribution in [0.3, 0.4) is 0 Å². The molecule has 0 spiro atoms. The van der Waals surface area contributed by atoms with Gasteiger partial charge in [-0.1, -0.05) is 30.3 Å². The van der Waals surface area contributed by atoms with E-state index < -0.39 is 12.0 Å². The summed E-state index contributed by atoms with van der Waals surface area (Å²) in [5.41, 5.74) is 1.65. The molecule has 2 aromatic carbocycles. The maximum atomic E-state index is 13.0. The van der Waals surface area contributed by atoms with Gasteiger partial charge < -0.3 is 24.4 Å². The van der Waals surface area contributed by atoms with Crippen LogP contribution in [0.2, 0.25) is 0 Å². The maximum absolute atomic E-state index is 13.0. The molecular weight excluding hydrogens is 372 g/mol. The SMILES string of the molecule is CCOc1ccc2ccccc2c1[C@H]1NC(=O)N(C)C(C)=C1C(=O)OCCOC. The van der Waals surface area contributed by atoms with Gasteiger partial charge in [0.05, 0.1) is 24.8 Å². The lowest BCUT2D eigenvalue weighted by atomic mass is 9.90. The van der Waals surface area contributed by atoms with E-state index in [1.165, 1.54) is 4.90 Å². The number of allylic oxidation sites excluding steroid dienone is 1. The molecule has 2 amide bonds. The number of amides is 2. The van der Waals surface area contributed by atoms with Gasteiger partial charge in [0.25, 0.3) is 0 Å². The second kappa shape index (κ2) is 8.96. The van der Waals surface area contributed by atoms with Gasteiger partial charge in [0.2, 0.25) is 0 Å². The monoisotopic (exact) mass is 398 g/mol. The third-order valence-electron chi connectivity index (χ3n) is 5.01. The summed E-state index contributed by atoms with van der Waals surface area (Å²) in [4.78, 5) is 27.0. The average molecular weight is 398 g/mol. The van der Waals surface area contributed by atoms with Crippen LogP contribution in [-0.4, -0.2) is 50.9 Å². The highest BCUT2D eigenvalue weighted by Crippen LogP contribution is 2.40. The van der Waals surface area contributed by atoms with Crippen LogP contribution in [0.15, 0.2) is 47.7 Å². The Balaban J connectivity index is 2.17. The minimum absolute atomic E-state index is 0.129. The zero-order valence-electron chi connectivity index (χ0n) is 17.2. The van der Waals surface area contributed by atoms with Crippen molar-refractivity contribution in [3.63, 3.8) is 0 Å². The van der Waals surface area contributed by atoms with Gasteiger partial charge in [-0.05, 0) is 30.7 Å². The molecule has 154 valence electrons. The molecule has 3 rings (SSSR count). The lowest BCUT2D eigenvalue weighted by molar-refractivity contribution is -0.140. The number of methoxy groups -OCH3 is 1. The third kappa shape index (κ3) is 4.05. The van der Waals surface area contributed by atoms with Crippen LogP contribution < -0.4 is 10.1 Å². The molecule has 0 unspecified atom stereocenters. The summed E-state index contributed by atoms with van der Waals surface area (Å²) in [5.74, 6) is 0.128. The molecule has 0 bridgehead atoms. The van der Waals surface area contributed by atoms with Gasteiger partial charge in [0.15, 0.2) is 0 Å². The number of nitrogens with zero attached hydrogens (tertiary/aromatic N) is 1. The summed E-state index contributed by atoms with van der Waals surface area (Å²) in [7, 11) is 3.16. The number of carbonyl (C=O) groups excluding carboxylic acids is 2. The van der Waals surface area contributed by atoms with Gasteiger partial charge in [0, 0.05) is 25.4 Å². The predicted octanol–water partition coefficient (Wildman–Crippen LogP) is 3.40. The first-order chi connectivity index (χ1) is 14.0. The average Bonchev–Trinajstić information content (AvgIpc) is 2.72. The smallest absolute Gasteiger partial charge is 0.338 e. The largest absolute Gasteiger partial charge is 0.493 e. The van der Waals surface area contributed by atoms with Crippen LogP contribution in [0.5, 0.6) is 5.75 Å². The van der Waals surface area contributed by atoms with Crippen LogP contribution in [0.1, 0.15) is 25.5 Å². The van der Waals surface area contributed by atoms with Crippen molar-refractivity contribution in [2.75, 3.05) is 34.0 Å². The number of ether oxygens (including phenoxy) is 3. The van der Waals surface area contributed by atoms with Crippen molar-refractivity contribution < 1.29 is 23.8 Å². The standard InChI is InChI=1S/C22H26N2O5/c1-5-28-17-11-10-15-8-6-7-9-16(15)19(17)20-18(21(25)29-13-12-27-4)14(2)24(3)22(26)23-20/h6-11,20H,5,12-13H2,1-4H3,(H,23,26)/t20-/m0/s1. The fourth-order valence-corrected chi connectivity index (χ4v) is 3.47. The van der Waals surface area contributed by atoms with E-state index in [0.717, 1.165) is 16.3 Å². The van der Waals surface area contributed by atoms with Gasteiger partial charge in [-0.3, -0.25) is 0 Å². The summed E-state index contributed by atoms with van der Waals surface area (Å²) >= 11 is 0. The normalized spacial score (nSPS) is 16.8. The quantitative estimate of drug-likeness (QED) is 0.571. The Labute approximate surface area is 170 Å². The number of carbonyl (C=O) groups is 2. The molecule has 1 N–H and O–H groups in total. The van der Waals surface area contributed by atoms with Crippen LogP contribution in [0.4, 0.5) is 4.79 Å². The van der Waals surface area contributed by atoms with Crippen molar-refractivity contribution >= 4 is 22.8 Å². The first kappa shape index (κ1) is 20.7. The summed E-state index contributed by atoms with van der Waals surface area (Å²) < 4.78 is 16.2. The zero-order valence-corrected chi connectivity index (χ0v) is 17.2. The molecule has 29 heavy (non-hydrogen) atoms. The highest BCUT2D eigenvalue weighted by atomic mass is 16.6. The Morgan fingerprint density at radius 3 is 2.66 bits per heavy atom. The Kier molecular flexibility index (Phi) is 6.39. The van der Waals surface area contributed by atoms with E-state index >= 15 is 0 Å². The summed E-state index contributed by atoms with van der Waals surface area (Å²) in [6, 6.07) is 10.7. The Morgan fingerprint density at radius 2 is 1.93 bits per heavy atom. The fourth-order valence-electron chi connectivity index (χ4n) is 3.47. The predicted molar refractivity (Wildman–Crippen MR) is 110 cm³/mol. The molecule has 1 aliphatic heterocycles. The van der Waals surface area contributed by atoms with Crippen LogP contribution in [0.25, 0.3) is 10.8 Å². The Hall–Kier alpha value is -3.06. The number of nitrogens with one attached hydrogen (secondary N) is 1. The first-order valence-corrected chi connectivity index (χ1v) is 9.55. The Morgan fingerprint density at radius 1 is 1.17 bits per heavy atom. The molecule has 0 saturated carbocycles. The number of esters is 1. The number of rotatable bonds is 7. The lowest BCUT2D eigenvalue weighted by Crippen LogP contribution is -2.46. The minimum Gasteiger partial charge on any atom is -0.493 e. The second-order valence-electron chi connectivity index (χ2n) is 6.70. The van der Waals surface area contributed by atoms with E-state index in [2.05, 4.69) is 5.32 Å². The molecule has 1 atom stereocenters. The number of benzene rings is 2. The molecule has 1 heterocycles. The van der Waals surface area contributed by atoms with E-state index in [9.17, 15) is 9.59 Å². The van der Waals surface area contributed by atoms with Gasteiger partial charge in [-0.25, -0.2) is 9.59 Å². The molecule has 0 radical (unpaired) electrons. The number of urea groups is 1. The highest BCUT2D eigenvalue weighted by Gasteiger charge is 2.37. The van der Waals surface area contributed by atoms with Crippen molar-refractivity contribution in [1.82, 2.24) is 10.2 Å². The summed E-state index contributed by atoms with van der Waals surface area (Å²) in [5, 5.41) is 4.84. The van der Waals surface area contributed by atoms with Crippen molar-refractivity contribution in [2.45, 2.75) is 19.9 Å². The zero-order chi connectivity index (χ0) is 21.0. The maximum Gasteiger partial charge on any atom is 0.338 e. The Bertz CT molecular complexity index is 953. The molecule has 0 aromatic heterocycles.